The molecule has 6 heteroatoms. The molecular formula is C24H27N3O3. The molecule has 0 aromatic heterocycles. The van der Waals surface area contributed by atoms with Crippen molar-refractivity contribution in [1.29, 1.82) is 0 Å². The van der Waals surface area contributed by atoms with E-state index in [1.54, 1.807) is 17.0 Å². The van der Waals surface area contributed by atoms with Gasteiger partial charge in [0.2, 0.25) is 11.8 Å². The first kappa shape index (κ1) is 20.1. The van der Waals surface area contributed by atoms with Gasteiger partial charge in [0.05, 0.1) is 12.5 Å². The van der Waals surface area contributed by atoms with Gasteiger partial charge in [-0.15, -0.1) is 0 Å². The highest BCUT2D eigenvalue weighted by Crippen LogP contribution is 2.31. The molecule has 30 heavy (non-hydrogen) atoms. The number of hydrogen-bond donors (Lipinski definition) is 1. The zero-order chi connectivity index (χ0) is 20.9. The Morgan fingerprint density at radius 2 is 1.40 bits per heavy atom. The molecule has 0 unspecified atom stereocenters. The molecule has 2 aliphatic rings. The second-order valence-electron chi connectivity index (χ2n) is 7.99. The summed E-state index contributed by atoms with van der Waals surface area (Å²) < 4.78 is 0. The summed E-state index contributed by atoms with van der Waals surface area (Å²) in [5.41, 5.74) is 1.47. The van der Waals surface area contributed by atoms with Gasteiger partial charge in [-0.25, -0.2) is 0 Å². The molecule has 0 spiro atoms. The van der Waals surface area contributed by atoms with Gasteiger partial charge < -0.3 is 15.1 Å². The fourth-order valence-electron chi connectivity index (χ4n) is 3.84. The minimum Gasteiger partial charge on any atom is -0.345 e. The summed E-state index contributed by atoms with van der Waals surface area (Å²) in [6.07, 6.45) is 2.19. The molecule has 1 atom stereocenters. The van der Waals surface area contributed by atoms with Crippen molar-refractivity contribution >= 4 is 17.7 Å². The van der Waals surface area contributed by atoms with Gasteiger partial charge in [-0.1, -0.05) is 48.5 Å². The van der Waals surface area contributed by atoms with E-state index in [1.165, 1.54) is 0 Å². The van der Waals surface area contributed by atoms with Crippen molar-refractivity contribution in [2.45, 2.75) is 25.3 Å². The van der Waals surface area contributed by atoms with Crippen molar-refractivity contribution in [3.8, 4) is 0 Å². The molecular weight excluding hydrogens is 378 g/mol. The van der Waals surface area contributed by atoms with Crippen LogP contribution in [0.4, 0.5) is 0 Å². The highest BCUT2D eigenvalue weighted by atomic mass is 16.2. The van der Waals surface area contributed by atoms with Crippen LogP contribution >= 0.6 is 0 Å². The predicted molar refractivity (Wildman–Crippen MR) is 114 cm³/mol. The second-order valence-corrected chi connectivity index (χ2v) is 7.99. The maximum absolute atomic E-state index is 13.0. The topological polar surface area (TPSA) is 69.7 Å². The minimum absolute atomic E-state index is 0.00395. The summed E-state index contributed by atoms with van der Waals surface area (Å²) in [5, 5.41) is 3.02. The van der Waals surface area contributed by atoms with E-state index >= 15 is 0 Å². The molecule has 0 bridgehead atoms. The van der Waals surface area contributed by atoms with Crippen LogP contribution in [0.15, 0.2) is 60.7 Å². The first-order valence-corrected chi connectivity index (χ1v) is 10.6. The van der Waals surface area contributed by atoms with E-state index in [9.17, 15) is 14.4 Å². The van der Waals surface area contributed by atoms with Crippen LogP contribution in [-0.2, 0) is 9.59 Å². The number of amides is 3. The quantitative estimate of drug-likeness (QED) is 0.803. The van der Waals surface area contributed by atoms with Crippen molar-refractivity contribution in [3.05, 3.63) is 71.8 Å². The van der Waals surface area contributed by atoms with Crippen LogP contribution in [0.5, 0.6) is 0 Å². The number of carbonyl (C=O) groups is 3. The zero-order valence-electron chi connectivity index (χ0n) is 17.0. The molecule has 156 valence electrons. The summed E-state index contributed by atoms with van der Waals surface area (Å²) in [7, 11) is 0. The van der Waals surface area contributed by atoms with Gasteiger partial charge in [0.15, 0.2) is 0 Å². The molecule has 1 aliphatic carbocycles. The SMILES string of the molecule is O=C(N[C@@H](CC(=O)N1CCN(C(=O)C2CC2)CC1)c1ccccc1)c1ccccc1. The van der Waals surface area contributed by atoms with Gasteiger partial charge in [-0.3, -0.25) is 14.4 Å². The van der Waals surface area contributed by atoms with Crippen LogP contribution in [0.25, 0.3) is 0 Å². The highest BCUT2D eigenvalue weighted by Gasteiger charge is 2.35. The number of nitrogens with one attached hydrogen (secondary N) is 1. The van der Waals surface area contributed by atoms with E-state index in [1.807, 2.05) is 53.4 Å². The molecule has 0 radical (unpaired) electrons. The third kappa shape index (κ3) is 4.87. The number of nitrogens with zero attached hydrogens (tertiary/aromatic N) is 2. The number of carbonyl (C=O) groups excluding carboxylic acids is 3. The normalized spacial score (nSPS) is 17.3. The minimum atomic E-state index is -0.405. The molecule has 3 amide bonds. The zero-order valence-corrected chi connectivity index (χ0v) is 17.0. The van der Waals surface area contributed by atoms with Crippen molar-refractivity contribution in [1.82, 2.24) is 15.1 Å². The van der Waals surface area contributed by atoms with Crippen LogP contribution in [-0.4, -0.2) is 53.7 Å². The van der Waals surface area contributed by atoms with E-state index < -0.39 is 6.04 Å². The first-order valence-electron chi connectivity index (χ1n) is 10.6. The lowest BCUT2D eigenvalue weighted by Crippen LogP contribution is -2.51. The molecule has 1 saturated heterocycles. The fraction of sp³-hybridized carbons (Fsp3) is 0.375. The van der Waals surface area contributed by atoms with Crippen LogP contribution in [0.1, 0.15) is 41.2 Å². The lowest BCUT2D eigenvalue weighted by Gasteiger charge is -2.35. The predicted octanol–water partition coefficient (Wildman–Crippen LogP) is 2.63. The summed E-state index contributed by atoms with van der Waals surface area (Å²) in [6.45, 7) is 2.28. The Bertz CT molecular complexity index is 888. The first-order chi connectivity index (χ1) is 14.6. The largest absolute Gasteiger partial charge is 0.345 e. The maximum atomic E-state index is 13.0. The third-order valence-corrected chi connectivity index (χ3v) is 5.79. The molecule has 6 nitrogen and oxygen atoms in total. The van der Waals surface area contributed by atoms with Gasteiger partial charge in [-0.05, 0) is 30.5 Å². The van der Waals surface area contributed by atoms with E-state index in [2.05, 4.69) is 5.32 Å². The average Bonchev–Trinajstić information content (AvgIpc) is 3.65. The number of hydrogen-bond acceptors (Lipinski definition) is 3. The van der Waals surface area contributed by atoms with Gasteiger partial charge in [0.25, 0.3) is 5.91 Å². The number of benzene rings is 2. The smallest absolute Gasteiger partial charge is 0.251 e. The highest BCUT2D eigenvalue weighted by molar-refractivity contribution is 5.94. The Hall–Kier alpha value is -3.15. The van der Waals surface area contributed by atoms with Crippen molar-refractivity contribution in [3.63, 3.8) is 0 Å². The van der Waals surface area contributed by atoms with Crippen molar-refractivity contribution < 1.29 is 14.4 Å². The Labute approximate surface area is 176 Å². The number of piperazine rings is 1. The van der Waals surface area contributed by atoms with Gasteiger partial charge >= 0.3 is 0 Å². The van der Waals surface area contributed by atoms with Crippen molar-refractivity contribution in [2.24, 2.45) is 5.92 Å². The average molecular weight is 405 g/mol. The second kappa shape index (κ2) is 9.11. The molecule has 2 fully saturated rings. The van der Waals surface area contributed by atoms with Crippen LogP contribution in [0.3, 0.4) is 0 Å². The van der Waals surface area contributed by atoms with E-state index in [-0.39, 0.29) is 30.1 Å². The molecule has 2 aromatic carbocycles. The lowest BCUT2D eigenvalue weighted by atomic mass is 10.0. The molecule has 1 saturated carbocycles. The van der Waals surface area contributed by atoms with E-state index in [4.69, 9.17) is 0 Å². The molecule has 1 N–H and O–H groups in total. The van der Waals surface area contributed by atoms with Crippen LogP contribution in [0, 0.1) is 5.92 Å². The third-order valence-electron chi connectivity index (χ3n) is 5.79. The van der Waals surface area contributed by atoms with Gasteiger partial charge in [0.1, 0.15) is 0 Å². The van der Waals surface area contributed by atoms with Crippen LogP contribution < -0.4 is 5.32 Å². The van der Waals surface area contributed by atoms with Crippen molar-refractivity contribution in [2.75, 3.05) is 26.2 Å². The maximum Gasteiger partial charge on any atom is 0.251 e. The lowest BCUT2D eigenvalue weighted by molar-refractivity contribution is -0.140. The summed E-state index contributed by atoms with van der Waals surface area (Å²) >= 11 is 0. The molecule has 4 rings (SSSR count). The Balaban J connectivity index is 1.39. The fourth-order valence-corrected chi connectivity index (χ4v) is 3.84. The van der Waals surface area contributed by atoms with E-state index in [0.717, 1.165) is 18.4 Å². The Morgan fingerprint density at radius 3 is 2.00 bits per heavy atom. The van der Waals surface area contributed by atoms with Gasteiger partial charge in [-0.2, -0.15) is 0 Å². The standard InChI is InChI=1S/C24H27N3O3/c28-22(26-13-15-27(16-14-26)24(30)20-11-12-20)17-21(18-7-3-1-4-8-18)25-23(29)19-9-5-2-6-10-19/h1-10,20-21H,11-17H2,(H,25,29)/t21-/m0/s1. The molecule has 2 aromatic rings. The van der Waals surface area contributed by atoms with E-state index in [0.29, 0.717) is 31.7 Å². The summed E-state index contributed by atoms with van der Waals surface area (Å²) in [4.78, 5) is 41.6. The molecule has 1 aliphatic heterocycles. The Kier molecular flexibility index (Phi) is 6.12. The molecule has 1 heterocycles. The Morgan fingerprint density at radius 1 is 0.833 bits per heavy atom. The van der Waals surface area contributed by atoms with Crippen LogP contribution in [0.2, 0.25) is 0 Å². The summed E-state index contributed by atoms with van der Waals surface area (Å²) in [5.74, 6) is 0.245. The summed E-state index contributed by atoms with van der Waals surface area (Å²) in [6, 6.07) is 18.2. The van der Waals surface area contributed by atoms with Gasteiger partial charge in [0, 0.05) is 37.7 Å². The monoisotopic (exact) mass is 405 g/mol. The number of rotatable bonds is 6.